The summed E-state index contributed by atoms with van der Waals surface area (Å²) in [5.74, 6) is 0.727. The molecule has 6 heteroatoms. The van der Waals surface area contributed by atoms with E-state index in [1.165, 1.54) is 0 Å². The van der Waals surface area contributed by atoms with Crippen molar-refractivity contribution in [3.63, 3.8) is 0 Å². The first-order valence-electron chi connectivity index (χ1n) is 8.63. The molecule has 0 unspecified atom stereocenters. The Hall–Kier alpha value is -3.67. The number of carbonyl (C=O) groups is 1. The number of phenolic OH excluding ortho intramolecular Hbond substituents is 1. The lowest BCUT2D eigenvalue weighted by atomic mass is 10.1. The van der Waals surface area contributed by atoms with E-state index in [1.54, 1.807) is 35.4 Å². The van der Waals surface area contributed by atoms with Crippen LogP contribution in [-0.2, 0) is 18.3 Å². The molecule has 6 nitrogen and oxygen atoms in total. The van der Waals surface area contributed by atoms with Crippen LogP contribution in [0.25, 0.3) is 22.2 Å². The van der Waals surface area contributed by atoms with E-state index in [0.717, 1.165) is 22.2 Å². The number of anilines is 2. The molecule has 2 aromatic heterocycles. The Kier molecular flexibility index (Phi) is 3.27. The molecule has 5 rings (SSSR count). The fraction of sp³-hybridized carbons (Fsp3) is 0.0952. The van der Waals surface area contributed by atoms with Gasteiger partial charge in [0.1, 0.15) is 5.75 Å². The summed E-state index contributed by atoms with van der Waals surface area (Å²) in [4.78, 5) is 23.5. The van der Waals surface area contributed by atoms with E-state index in [4.69, 9.17) is 4.98 Å². The number of hydrogen-bond acceptors (Lipinski definition) is 4. The lowest BCUT2D eigenvalue weighted by Gasteiger charge is -2.17. The Bertz CT molecular complexity index is 1190. The third-order valence-electron chi connectivity index (χ3n) is 4.90. The van der Waals surface area contributed by atoms with Crippen LogP contribution in [0.1, 0.15) is 5.69 Å². The lowest BCUT2D eigenvalue weighted by molar-refractivity contribution is -0.116. The van der Waals surface area contributed by atoms with Crippen molar-refractivity contribution in [2.75, 3.05) is 4.90 Å². The van der Waals surface area contributed by atoms with Gasteiger partial charge in [0.25, 0.3) is 0 Å². The van der Waals surface area contributed by atoms with Crippen molar-refractivity contribution in [1.82, 2.24) is 14.5 Å². The largest absolute Gasteiger partial charge is 0.508 e. The zero-order chi connectivity index (χ0) is 18.5. The van der Waals surface area contributed by atoms with Crippen LogP contribution in [0.2, 0.25) is 0 Å². The summed E-state index contributed by atoms with van der Waals surface area (Å²) < 4.78 is 2.04. The van der Waals surface area contributed by atoms with Crippen molar-refractivity contribution in [3.05, 3.63) is 66.6 Å². The molecule has 1 amide bonds. The molecule has 27 heavy (non-hydrogen) atoms. The summed E-state index contributed by atoms with van der Waals surface area (Å²) in [5.41, 5.74) is 4.06. The maximum absolute atomic E-state index is 12.7. The predicted molar refractivity (Wildman–Crippen MR) is 103 cm³/mol. The zero-order valence-electron chi connectivity index (χ0n) is 14.6. The summed E-state index contributed by atoms with van der Waals surface area (Å²) in [6.07, 6.45) is 3.91. The highest BCUT2D eigenvalue weighted by molar-refractivity contribution is 6.07. The molecule has 0 saturated heterocycles. The lowest BCUT2D eigenvalue weighted by Crippen LogP contribution is -2.21. The molecule has 4 aromatic rings. The van der Waals surface area contributed by atoms with Crippen LogP contribution < -0.4 is 4.90 Å². The molecule has 0 radical (unpaired) electrons. The average Bonchev–Trinajstić information content (AvgIpc) is 3.20. The standard InChI is InChI=1S/C21H16N4O2/c1-24-9-8-14-10-15(4-7-19(14)24)25-20(27)11-17-21(25)23-18(12-22-17)13-2-5-16(26)6-3-13/h2-10,12,26H,11H2,1H3. The van der Waals surface area contributed by atoms with Crippen molar-refractivity contribution in [2.24, 2.45) is 7.05 Å². The number of amides is 1. The van der Waals surface area contributed by atoms with Crippen molar-refractivity contribution in [3.8, 4) is 17.0 Å². The summed E-state index contributed by atoms with van der Waals surface area (Å²) >= 11 is 0. The van der Waals surface area contributed by atoms with Gasteiger partial charge in [-0.2, -0.15) is 0 Å². The number of benzene rings is 2. The first-order valence-corrected chi connectivity index (χ1v) is 8.63. The number of aromatic nitrogens is 3. The third-order valence-corrected chi connectivity index (χ3v) is 4.90. The predicted octanol–water partition coefficient (Wildman–Crippen LogP) is 3.56. The second-order valence-corrected chi connectivity index (χ2v) is 6.65. The number of carbonyl (C=O) groups excluding carboxylic acids is 1. The van der Waals surface area contributed by atoms with Gasteiger partial charge in [-0.15, -0.1) is 0 Å². The second kappa shape index (κ2) is 5.67. The molecule has 0 bridgehead atoms. The topological polar surface area (TPSA) is 71.2 Å². The Morgan fingerprint density at radius 2 is 1.89 bits per heavy atom. The van der Waals surface area contributed by atoms with Crippen LogP contribution >= 0.6 is 0 Å². The van der Waals surface area contributed by atoms with Gasteiger partial charge in [-0.1, -0.05) is 0 Å². The maximum atomic E-state index is 12.7. The monoisotopic (exact) mass is 356 g/mol. The first-order chi connectivity index (χ1) is 13.1. The normalized spacial score (nSPS) is 13.4. The highest BCUT2D eigenvalue weighted by atomic mass is 16.3. The van der Waals surface area contributed by atoms with Gasteiger partial charge in [0, 0.05) is 29.7 Å². The van der Waals surface area contributed by atoms with E-state index >= 15 is 0 Å². The minimum atomic E-state index is -0.0388. The van der Waals surface area contributed by atoms with E-state index in [2.05, 4.69) is 4.98 Å². The summed E-state index contributed by atoms with van der Waals surface area (Å²) in [7, 11) is 1.99. The third kappa shape index (κ3) is 2.45. The quantitative estimate of drug-likeness (QED) is 0.596. The van der Waals surface area contributed by atoms with Gasteiger partial charge in [-0.05, 0) is 48.5 Å². The Morgan fingerprint density at radius 3 is 2.70 bits per heavy atom. The average molecular weight is 356 g/mol. The van der Waals surface area contributed by atoms with Gasteiger partial charge >= 0.3 is 0 Å². The SMILES string of the molecule is Cn1ccc2cc(N3C(=O)Cc4ncc(-c5ccc(O)cc5)nc43)ccc21. The highest BCUT2D eigenvalue weighted by Crippen LogP contribution is 2.35. The zero-order valence-corrected chi connectivity index (χ0v) is 14.6. The van der Waals surface area contributed by atoms with Crippen LogP contribution in [-0.4, -0.2) is 25.5 Å². The summed E-state index contributed by atoms with van der Waals surface area (Å²) in [6, 6.07) is 14.7. The maximum Gasteiger partial charge on any atom is 0.238 e. The fourth-order valence-corrected chi connectivity index (χ4v) is 3.49. The van der Waals surface area contributed by atoms with Crippen molar-refractivity contribution in [1.29, 1.82) is 0 Å². The van der Waals surface area contributed by atoms with Crippen molar-refractivity contribution < 1.29 is 9.90 Å². The molecule has 1 aliphatic rings. The smallest absolute Gasteiger partial charge is 0.238 e. The molecule has 0 atom stereocenters. The van der Waals surface area contributed by atoms with E-state index in [-0.39, 0.29) is 18.1 Å². The molecule has 1 N–H and O–H groups in total. The van der Waals surface area contributed by atoms with Gasteiger partial charge in [0.05, 0.1) is 29.7 Å². The summed E-state index contributed by atoms with van der Waals surface area (Å²) in [6.45, 7) is 0. The number of phenols is 1. The van der Waals surface area contributed by atoms with E-state index in [1.807, 2.05) is 42.1 Å². The number of hydrogen-bond donors (Lipinski definition) is 1. The van der Waals surface area contributed by atoms with Gasteiger partial charge in [0.15, 0.2) is 5.82 Å². The molecular formula is C21H16N4O2. The second-order valence-electron chi connectivity index (χ2n) is 6.65. The number of aryl methyl sites for hydroxylation is 1. The Morgan fingerprint density at radius 1 is 1.07 bits per heavy atom. The molecule has 132 valence electrons. The van der Waals surface area contributed by atoms with Crippen LogP contribution in [0.4, 0.5) is 11.5 Å². The van der Waals surface area contributed by atoms with E-state index in [9.17, 15) is 9.90 Å². The van der Waals surface area contributed by atoms with Crippen molar-refractivity contribution in [2.45, 2.75) is 6.42 Å². The highest BCUT2D eigenvalue weighted by Gasteiger charge is 2.32. The van der Waals surface area contributed by atoms with E-state index < -0.39 is 0 Å². The fourth-order valence-electron chi connectivity index (χ4n) is 3.49. The van der Waals surface area contributed by atoms with Crippen LogP contribution in [0, 0.1) is 0 Å². The number of aromatic hydroxyl groups is 1. The van der Waals surface area contributed by atoms with Gasteiger partial charge < -0.3 is 9.67 Å². The van der Waals surface area contributed by atoms with Gasteiger partial charge in [-0.3, -0.25) is 14.7 Å². The molecule has 0 aliphatic carbocycles. The van der Waals surface area contributed by atoms with Gasteiger partial charge in [-0.25, -0.2) is 4.98 Å². The number of fused-ring (bicyclic) bond motifs is 2. The Labute approximate surface area is 155 Å². The van der Waals surface area contributed by atoms with Crippen LogP contribution in [0.5, 0.6) is 5.75 Å². The summed E-state index contributed by atoms with van der Waals surface area (Å²) in [5, 5.41) is 10.5. The van der Waals surface area contributed by atoms with E-state index in [0.29, 0.717) is 17.2 Å². The molecule has 0 saturated carbocycles. The molecule has 1 aliphatic heterocycles. The van der Waals surface area contributed by atoms with Crippen LogP contribution in [0.15, 0.2) is 60.9 Å². The molecule has 3 heterocycles. The molecule has 2 aromatic carbocycles. The number of nitrogens with zero attached hydrogens (tertiary/aromatic N) is 4. The van der Waals surface area contributed by atoms with Crippen molar-refractivity contribution >= 4 is 28.3 Å². The Balaban J connectivity index is 1.61. The number of rotatable bonds is 2. The van der Waals surface area contributed by atoms with Crippen LogP contribution in [0.3, 0.4) is 0 Å². The first kappa shape index (κ1) is 15.6. The molecule has 0 spiro atoms. The minimum absolute atomic E-state index is 0.0388. The van der Waals surface area contributed by atoms with Gasteiger partial charge in [0.2, 0.25) is 5.91 Å². The molecular weight excluding hydrogens is 340 g/mol. The molecule has 0 fully saturated rings. The minimum Gasteiger partial charge on any atom is -0.508 e.